The number of ether oxygens (including phenoxy) is 2. The van der Waals surface area contributed by atoms with Gasteiger partial charge in [0.15, 0.2) is 11.5 Å². The van der Waals surface area contributed by atoms with Crippen LogP contribution in [0.4, 0.5) is 5.69 Å². The van der Waals surface area contributed by atoms with E-state index in [-0.39, 0.29) is 11.8 Å². The zero-order valence-electron chi connectivity index (χ0n) is 15.8. The number of carbonyl (C=O) groups excluding carboxylic acids is 2. The summed E-state index contributed by atoms with van der Waals surface area (Å²) in [6.45, 7) is 2.46. The number of rotatable bonds is 7. The minimum atomic E-state index is -0.525. The van der Waals surface area contributed by atoms with Gasteiger partial charge in [-0.1, -0.05) is 31.5 Å². The molecular weight excluding hydrogens is 344 g/mol. The third-order valence-corrected chi connectivity index (χ3v) is 4.74. The Labute approximate surface area is 159 Å². The summed E-state index contributed by atoms with van der Waals surface area (Å²) in [6, 6.07) is 12.2. The smallest absolute Gasteiger partial charge is 0.255 e. The average molecular weight is 368 g/mol. The quantitative estimate of drug-likeness (QED) is 0.813. The Balaban J connectivity index is 1.80. The topological polar surface area (TPSA) is 67.9 Å². The van der Waals surface area contributed by atoms with Crippen molar-refractivity contribution >= 4 is 17.5 Å². The van der Waals surface area contributed by atoms with Crippen molar-refractivity contribution < 1.29 is 19.1 Å². The Kier molecular flexibility index (Phi) is 5.64. The number of amides is 2. The molecule has 0 spiro atoms. The van der Waals surface area contributed by atoms with E-state index in [1.165, 1.54) is 0 Å². The maximum atomic E-state index is 13.0. The summed E-state index contributed by atoms with van der Waals surface area (Å²) in [5, 5.41) is 2.91. The van der Waals surface area contributed by atoms with Gasteiger partial charge >= 0.3 is 0 Å². The van der Waals surface area contributed by atoms with Crippen molar-refractivity contribution in [3.63, 3.8) is 0 Å². The van der Waals surface area contributed by atoms with Crippen molar-refractivity contribution in [3.05, 3.63) is 53.6 Å². The molecule has 2 amide bonds. The van der Waals surface area contributed by atoms with Crippen LogP contribution < -0.4 is 14.8 Å². The lowest BCUT2D eigenvalue weighted by molar-refractivity contribution is -0.120. The Morgan fingerprint density at radius 3 is 2.56 bits per heavy atom. The van der Waals surface area contributed by atoms with Gasteiger partial charge in [-0.3, -0.25) is 9.59 Å². The summed E-state index contributed by atoms with van der Waals surface area (Å²) < 4.78 is 10.5. The van der Waals surface area contributed by atoms with E-state index in [4.69, 9.17) is 9.47 Å². The number of carbonyl (C=O) groups is 2. The van der Waals surface area contributed by atoms with E-state index in [2.05, 4.69) is 5.32 Å². The molecule has 6 nitrogen and oxygen atoms in total. The molecule has 1 unspecified atom stereocenters. The van der Waals surface area contributed by atoms with E-state index in [0.29, 0.717) is 35.7 Å². The van der Waals surface area contributed by atoms with Crippen LogP contribution in [0.5, 0.6) is 11.5 Å². The van der Waals surface area contributed by atoms with Gasteiger partial charge in [-0.15, -0.1) is 0 Å². The molecule has 0 radical (unpaired) electrons. The van der Waals surface area contributed by atoms with Crippen LogP contribution in [0.1, 0.15) is 35.7 Å². The molecule has 3 rings (SSSR count). The second-order valence-corrected chi connectivity index (χ2v) is 6.45. The number of nitrogens with zero attached hydrogens (tertiary/aromatic N) is 1. The number of benzene rings is 2. The highest BCUT2D eigenvalue weighted by molar-refractivity contribution is 6.03. The number of nitrogens with one attached hydrogen (secondary N) is 1. The maximum absolute atomic E-state index is 13.0. The molecule has 1 aliphatic rings. The molecule has 6 heteroatoms. The molecule has 1 aliphatic heterocycles. The van der Waals surface area contributed by atoms with Gasteiger partial charge < -0.3 is 19.7 Å². The molecule has 0 aliphatic carbocycles. The Bertz CT molecular complexity index is 850. The van der Waals surface area contributed by atoms with Crippen molar-refractivity contribution in [1.82, 2.24) is 4.90 Å². The van der Waals surface area contributed by atoms with Crippen LogP contribution in [0.3, 0.4) is 0 Å². The van der Waals surface area contributed by atoms with Crippen LogP contribution >= 0.6 is 0 Å². The van der Waals surface area contributed by atoms with Crippen LogP contribution in [0, 0.1) is 0 Å². The first kappa shape index (κ1) is 18.8. The van der Waals surface area contributed by atoms with Crippen LogP contribution in [-0.2, 0) is 11.3 Å². The lowest BCUT2D eigenvalue weighted by Crippen LogP contribution is -2.44. The molecule has 1 N–H and O–H groups in total. The fraction of sp³-hybridized carbons (Fsp3) is 0.333. The monoisotopic (exact) mass is 368 g/mol. The first-order chi connectivity index (χ1) is 13.1. The van der Waals surface area contributed by atoms with Crippen LogP contribution in [-0.4, -0.2) is 37.0 Å². The normalized spacial score (nSPS) is 13.9. The first-order valence-electron chi connectivity index (χ1n) is 9.00. The maximum Gasteiger partial charge on any atom is 0.255 e. The first-order valence-corrected chi connectivity index (χ1v) is 9.00. The minimum absolute atomic E-state index is 0.0912. The highest BCUT2D eigenvalue weighted by Gasteiger charge is 2.35. The predicted octanol–water partition coefficient (Wildman–Crippen LogP) is 3.47. The number of anilines is 1. The minimum Gasteiger partial charge on any atom is -0.493 e. The number of methoxy groups -OCH3 is 2. The predicted molar refractivity (Wildman–Crippen MR) is 103 cm³/mol. The molecule has 0 saturated heterocycles. The molecule has 27 heavy (non-hydrogen) atoms. The van der Waals surface area contributed by atoms with Crippen LogP contribution in [0.15, 0.2) is 42.5 Å². The van der Waals surface area contributed by atoms with E-state index in [9.17, 15) is 9.59 Å². The number of hydrogen-bond acceptors (Lipinski definition) is 4. The summed E-state index contributed by atoms with van der Waals surface area (Å²) in [7, 11) is 3.10. The van der Waals surface area contributed by atoms with Crippen molar-refractivity contribution in [2.75, 3.05) is 19.5 Å². The van der Waals surface area contributed by atoms with Gasteiger partial charge in [-0.05, 0) is 30.2 Å². The second kappa shape index (κ2) is 8.12. The Morgan fingerprint density at radius 2 is 1.89 bits per heavy atom. The van der Waals surface area contributed by atoms with Crippen molar-refractivity contribution in [2.45, 2.75) is 32.4 Å². The van der Waals surface area contributed by atoms with E-state index in [1.807, 2.05) is 31.2 Å². The summed E-state index contributed by atoms with van der Waals surface area (Å²) in [5.74, 6) is 0.828. The van der Waals surface area contributed by atoms with Crippen LogP contribution in [0.25, 0.3) is 0 Å². The summed E-state index contributed by atoms with van der Waals surface area (Å²) in [6.07, 6.45) is 1.39. The zero-order valence-corrected chi connectivity index (χ0v) is 15.8. The highest BCUT2D eigenvalue weighted by Crippen LogP contribution is 2.31. The van der Waals surface area contributed by atoms with Gasteiger partial charge in [0.05, 0.1) is 14.2 Å². The van der Waals surface area contributed by atoms with Crippen molar-refractivity contribution in [1.29, 1.82) is 0 Å². The fourth-order valence-corrected chi connectivity index (χ4v) is 3.37. The van der Waals surface area contributed by atoms with E-state index in [0.717, 1.165) is 12.0 Å². The van der Waals surface area contributed by atoms with E-state index in [1.54, 1.807) is 37.3 Å². The van der Waals surface area contributed by atoms with E-state index < -0.39 is 6.04 Å². The average Bonchev–Trinajstić information content (AvgIpc) is 3.02. The molecule has 0 bridgehead atoms. The van der Waals surface area contributed by atoms with Gasteiger partial charge in [0.2, 0.25) is 5.91 Å². The SMILES string of the molecule is CCCC(C(=O)Nc1ccc(OC)c(OC)c1)N1Cc2ccccc2C1=O. The Hall–Kier alpha value is -3.02. The molecule has 1 atom stereocenters. The molecule has 0 saturated carbocycles. The van der Waals surface area contributed by atoms with Gasteiger partial charge in [-0.2, -0.15) is 0 Å². The van der Waals surface area contributed by atoms with E-state index >= 15 is 0 Å². The van der Waals surface area contributed by atoms with Crippen molar-refractivity contribution in [3.8, 4) is 11.5 Å². The molecule has 1 heterocycles. The zero-order chi connectivity index (χ0) is 19.4. The molecule has 142 valence electrons. The summed E-state index contributed by atoms with van der Waals surface area (Å²) in [5.41, 5.74) is 2.24. The fourth-order valence-electron chi connectivity index (χ4n) is 3.37. The third-order valence-electron chi connectivity index (χ3n) is 4.74. The standard InChI is InChI=1S/C21H24N2O4/c1-4-7-17(23-13-14-8-5-6-9-16(14)21(23)25)20(24)22-15-10-11-18(26-2)19(12-15)27-3/h5-6,8-12,17H,4,7,13H2,1-3H3,(H,22,24). The third kappa shape index (κ3) is 3.74. The lowest BCUT2D eigenvalue weighted by Gasteiger charge is -2.26. The number of fused-ring (bicyclic) bond motifs is 1. The summed E-state index contributed by atoms with van der Waals surface area (Å²) >= 11 is 0. The largest absolute Gasteiger partial charge is 0.493 e. The molecule has 0 fully saturated rings. The molecule has 2 aromatic carbocycles. The van der Waals surface area contributed by atoms with Gasteiger partial charge in [0.25, 0.3) is 5.91 Å². The van der Waals surface area contributed by atoms with Crippen molar-refractivity contribution in [2.24, 2.45) is 0 Å². The lowest BCUT2D eigenvalue weighted by atomic mass is 10.1. The van der Waals surface area contributed by atoms with Gasteiger partial charge in [-0.25, -0.2) is 0 Å². The Morgan fingerprint density at radius 1 is 1.15 bits per heavy atom. The van der Waals surface area contributed by atoms with Gasteiger partial charge in [0.1, 0.15) is 6.04 Å². The highest BCUT2D eigenvalue weighted by atomic mass is 16.5. The number of hydrogen-bond donors (Lipinski definition) is 1. The molecule has 2 aromatic rings. The summed E-state index contributed by atoms with van der Waals surface area (Å²) in [4.78, 5) is 27.4. The van der Waals surface area contributed by atoms with Crippen LogP contribution in [0.2, 0.25) is 0 Å². The second-order valence-electron chi connectivity index (χ2n) is 6.45. The van der Waals surface area contributed by atoms with Gasteiger partial charge in [0, 0.05) is 23.9 Å². The molecule has 0 aromatic heterocycles. The molecular formula is C21H24N2O4.